The van der Waals surface area contributed by atoms with Crippen LogP contribution in [0.1, 0.15) is 39.5 Å². The number of piperazine rings is 1. The Labute approximate surface area is 174 Å². The van der Waals surface area contributed by atoms with E-state index in [1.807, 2.05) is 6.92 Å². The quantitative estimate of drug-likeness (QED) is 0.347. The smallest absolute Gasteiger partial charge is 0.409 e. The number of rotatable bonds is 8. The van der Waals surface area contributed by atoms with Gasteiger partial charge < -0.3 is 30.5 Å². The number of piperidine rings is 1. The van der Waals surface area contributed by atoms with Crippen LogP contribution >= 0.6 is 0 Å². The van der Waals surface area contributed by atoms with Gasteiger partial charge in [0.25, 0.3) is 0 Å². The molecule has 9 heteroatoms. The lowest BCUT2D eigenvalue weighted by Gasteiger charge is -2.36. The van der Waals surface area contributed by atoms with Gasteiger partial charge in [-0.05, 0) is 59.2 Å². The Morgan fingerprint density at radius 3 is 2.28 bits per heavy atom. The van der Waals surface area contributed by atoms with Gasteiger partial charge in [0.15, 0.2) is 5.96 Å². The van der Waals surface area contributed by atoms with Crippen LogP contribution in [-0.4, -0.2) is 98.2 Å². The zero-order chi connectivity index (χ0) is 21.1. The van der Waals surface area contributed by atoms with Crippen LogP contribution in [-0.2, 0) is 9.53 Å². The normalized spacial score (nSPS) is 19.3. The van der Waals surface area contributed by atoms with E-state index >= 15 is 0 Å². The number of nitrogens with one attached hydrogen (secondary N) is 1. The predicted molar refractivity (Wildman–Crippen MR) is 114 cm³/mol. The molecule has 2 amide bonds. The van der Waals surface area contributed by atoms with Crippen molar-refractivity contribution in [1.29, 1.82) is 0 Å². The zero-order valence-corrected chi connectivity index (χ0v) is 18.1. The monoisotopic (exact) mass is 410 g/mol. The maximum Gasteiger partial charge on any atom is 0.409 e. The van der Waals surface area contributed by atoms with Crippen molar-refractivity contribution in [3.8, 4) is 0 Å². The van der Waals surface area contributed by atoms with E-state index < -0.39 is 0 Å². The van der Waals surface area contributed by atoms with Crippen LogP contribution in [0, 0.1) is 5.92 Å². The molecule has 9 nitrogen and oxygen atoms in total. The Bertz CT molecular complexity index is 540. The van der Waals surface area contributed by atoms with E-state index in [9.17, 15) is 9.59 Å². The topological polar surface area (TPSA) is 103 Å². The molecule has 2 aliphatic rings. The first kappa shape index (κ1) is 23.3. The summed E-state index contributed by atoms with van der Waals surface area (Å²) in [6, 6.07) is 0. The summed E-state index contributed by atoms with van der Waals surface area (Å²) in [5.41, 5.74) is 5.39. The second kappa shape index (κ2) is 12.5. The van der Waals surface area contributed by atoms with Gasteiger partial charge in [0.05, 0.1) is 6.61 Å². The van der Waals surface area contributed by atoms with E-state index in [-0.39, 0.29) is 17.9 Å². The lowest BCUT2D eigenvalue weighted by molar-refractivity contribution is -0.123. The molecule has 0 bridgehead atoms. The second-order valence-corrected chi connectivity index (χ2v) is 7.63. The Hall–Kier alpha value is -2.03. The van der Waals surface area contributed by atoms with Crippen molar-refractivity contribution in [2.75, 3.05) is 65.5 Å². The zero-order valence-electron chi connectivity index (χ0n) is 18.1. The van der Waals surface area contributed by atoms with Crippen molar-refractivity contribution in [3.63, 3.8) is 0 Å². The van der Waals surface area contributed by atoms with E-state index in [1.54, 1.807) is 4.90 Å². The van der Waals surface area contributed by atoms with Crippen molar-refractivity contribution < 1.29 is 14.3 Å². The molecule has 2 heterocycles. The minimum atomic E-state index is -0.228. The van der Waals surface area contributed by atoms with E-state index in [1.165, 1.54) is 0 Å². The fraction of sp³-hybridized carbons (Fsp3) is 0.850. The van der Waals surface area contributed by atoms with Crippen LogP contribution in [0.4, 0.5) is 4.79 Å². The number of likely N-dealkylation sites (tertiary alicyclic amines) is 1. The Balaban J connectivity index is 1.67. The first-order valence-electron chi connectivity index (χ1n) is 11.0. The standard InChI is InChI=1S/C20H38N6O3/c1-3-22-19(25-13-15-26(16-14-25)20(28)29-4-2)23-9-5-6-10-24-11-7-17(8-12-24)18(21)27/h17H,3-16H2,1-2H3,(H2,21,27)(H,22,23). The van der Waals surface area contributed by atoms with E-state index in [2.05, 4.69) is 22.0 Å². The van der Waals surface area contributed by atoms with Gasteiger partial charge in [-0.1, -0.05) is 0 Å². The highest BCUT2D eigenvalue weighted by Gasteiger charge is 2.24. The van der Waals surface area contributed by atoms with Crippen LogP contribution in [0.3, 0.4) is 0 Å². The third kappa shape index (κ3) is 7.72. The molecule has 0 radical (unpaired) electrons. The van der Waals surface area contributed by atoms with Gasteiger partial charge in [-0.3, -0.25) is 9.79 Å². The van der Waals surface area contributed by atoms with Gasteiger partial charge in [-0.25, -0.2) is 4.79 Å². The Kier molecular flexibility index (Phi) is 10.0. The molecule has 2 fully saturated rings. The second-order valence-electron chi connectivity index (χ2n) is 7.63. The van der Waals surface area contributed by atoms with Crippen molar-refractivity contribution in [3.05, 3.63) is 0 Å². The van der Waals surface area contributed by atoms with Gasteiger partial charge in [-0.2, -0.15) is 0 Å². The summed E-state index contributed by atoms with van der Waals surface area (Å²) < 4.78 is 5.08. The van der Waals surface area contributed by atoms with Crippen molar-refractivity contribution in [1.82, 2.24) is 20.0 Å². The first-order valence-corrected chi connectivity index (χ1v) is 11.0. The number of amides is 2. The number of primary amides is 1. The van der Waals surface area contributed by atoms with Crippen LogP contribution in [0.15, 0.2) is 4.99 Å². The molecule has 0 spiro atoms. The highest BCUT2D eigenvalue weighted by atomic mass is 16.6. The number of carbonyl (C=O) groups is 2. The molecule has 0 unspecified atom stereocenters. The molecule has 2 aliphatic heterocycles. The van der Waals surface area contributed by atoms with Gasteiger partial charge >= 0.3 is 6.09 Å². The van der Waals surface area contributed by atoms with Crippen molar-refractivity contribution in [2.24, 2.45) is 16.6 Å². The lowest BCUT2D eigenvalue weighted by Crippen LogP contribution is -2.53. The Morgan fingerprint density at radius 1 is 1.03 bits per heavy atom. The number of hydrogen-bond donors (Lipinski definition) is 2. The maximum atomic E-state index is 11.8. The largest absolute Gasteiger partial charge is 0.450 e. The number of unbranched alkanes of at least 4 members (excludes halogenated alkanes) is 1. The van der Waals surface area contributed by atoms with E-state index in [0.29, 0.717) is 19.7 Å². The molecule has 0 atom stereocenters. The average molecular weight is 411 g/mol. The minimum absolute atomic E-state index is 0.0582. The third-order valence-corrected chi connectivity index (χ3v) is 5.57. The molecule has 3 N–H and O–H groups in total. The van der Waals surface area contributed by atoms with Gasteiger partial charge in [0.2, 0.25) is 5.91 Å². The summed E-state index contributed by atoms with van der Waals surface area (Å²) in [7, 11) is 0. The summed E-state index contributed by atoms with van der Waals surface area (Å²) in [5.74, 6) is 0.833. The Morgan fingerprint density at radius 2 is 1.69 bits per heavy atom. The molecule has 2 saturated heterocycles. The number of hydrogen-bond acceptors (Lipinski definition) is 5. The average Bonchev–Trinajstić information content (AvgIpc) is 2.73. The third-order valence-electron chi connectivity index (χ3n) is 5.57. The van der Waals surface area contributed by atoms with Gasteiger partial charge in [-0.15, -0.1) is 0 Å². The molecule has 0 aliphatic carbocycles. The maximum absolute atomic E-state index is 11.8. The SMILES string of the molecule is CCNC(=NCCCCN1CCC(C(N)=O)CC1)N1CCN(C(=O)OCC)CC1. The summed E-state index contributed by atoms with van der Waals surface area (Å²) in [5, 5.41) is 3.36. The van der Waals surface area contributed by atoms with E-state index in [4.69, 9.17) is 15.5 Å². The fourth-order valence-electron chi connectivity index (χ4n) is 3.81. The number of nitrogens with zero attached hydrogens (tertiary/aromatic N) is 4. The number of aliphatic imine (C=N–C) groups is 1. The molecule has 0 aromatic carbocycles. The van der Waals surface area contributed by atoms with Crippen molar-refractivity contribution in [2.45, 2.75) is 39.5 Å². The van der Waals surface area contributed by atoms with Gasteiger partial charge in [0, 0.05) is 45.2 Å². The molecule has 0 saturated carbocycles. The molecule has 0 aromatic rings. The van der Waals surface area contributed by atoms with Gasteiger partial charge in [0.1, 0.15) is 0 Å². The molecule has 29 heavy (non-hydrogen) atoms. The summed E-state index contributed by atoms with van der Waals surface area (Å²) >= 11 is 0. The summed E-state index contributed by atoms with van der Waals surface area (Å²) in [6.07, 6.45) is 3.67. The molecular weight excluding hydrogens is 372 g/mol. The summed E-state index contributed by atoms with van der Waals surface area (Å²) in [6.45, 7) is 11.7. The molecule has 166 valence electrons. The first-order chi connectivity index (χ1) is 14.0. The fourth-order valence-corrected chi connectivity index (χ4v) is 3.81. The minimum Gasteiger partial charge on any atom is -0.450 e. The number of ether oxygens (including phenoxy) is 1. The van der Waals surface area contributed by atoms with Crippen LogP contribution in [0.2, 0.25) is 0 Å². The number of nitrogens with two attached hydrogens (primary N) is 1. The van der Waals surface area contributed by atoms with Crippen molar-refractivity contribution >= 4 is 18.0 Å². The summed E-state index contributed by atoms with van der Waals surface area (Å²) in [4.78, 5) is 34.2. The van der Waals surface area contributed by atoms with Crippen LogP contribution < -0.4 is 11.1 Å². The molecular formula is C20H38N6O3. The number of guanidine groups is 1. The highest BCUT2D eigenvalue weighted by Crippen LogP contribution is 2.16. The molecule has 0 aromatic heterocycles. The highest BCUT2D eigenvalue weighted by molar-refractivity contribution is 5.80. The lowest BCUT2D eigenvalue weighted by atomic mass is 9.96. The predicted octanol–water partition coefficient (Wildman–Crippen LogP) is 0.704. The van der Waals surface area contributed by atoms with Crippen LogP contribution in [0.5, 0.6) is 0 Å². The van der Waals surface area contributed by atoms with Crippen LogP contribution in [0.25, 0.3) is 0 Å². The molecule has 2 rings (SSSR count). The van der Waals surface area contributed by atoms with E-state index in [0.717, 1.165) is 77.5 Å². The number of carbonyl (C=O) groups excluding carboxylic acids is 2.